The summed E-state index contributed by atoms with van der Waals surface area (Å²) < 4.78 is 11.4. The topological polar surface area (TPSA) is 80.1 Å². The highest BCUT2D eigenvalue weighted by Crippen LogP contribution is 2.28. The van der Waals surface area contributed by atoms with Crippen LogP contribution in [-0.4, -0.2) is 35.3 Å². The van der Waals surface area contributed by atoms with Gasteiger partial charge in [0.1, 0.15) is 17.9 Å². The normalized spacial score (nSPS) is 17.2. The summed E-state index contributed by atoms with van der Waals surface area (Å²) in [5, 5.41) is 12.9. The van der Waals surface area contributed by atoms with Gasteiger partial charge in [0, 0.05) is 24.6 Å². The Kier molecular flexibility index (Phi) is 5.64. The lowest BCUT2D eigenvalue weighted by Crippen LogP contribution is -2.26. The fourth-order valence-electron chi connectivity index (χ4n) is 3.28. The number of aromatic nitrogens is 2. The van der Waals surface area contributed by atoms with Crippen LogP contribution in [0.25, 0.3) is 11.3 Å². The molecule has 1 saturated heterocycles. The van der Waals surface area contributed by atoms with Crippen molar-refractivity contribution in [3.05, 3.63) is 60.3 Å². The molecule has 28 heavy (non-hydrogen) atoms. The lowest BCUT2D eigenvalue weighted by Gasteiger charge is -2.23. The molecule has 0 radical (unpaired) electrons. The molecule has 0 amide bonds. The van der Waals surface area contributed by atoms with Gasteiger partial charge in [0.15, 0.2) is 0 Å². The number of hydrogen-bond acceptors (Lipinski definition) is 6. The molecule has 1 fully saturated rings. The Morgan fingerprint density at radius 1 is 1.14 bits per heavy atom. The number of benzene rings is 1. The minimum atomic E-state index is 0.0916. The first-order valence-corrected chi connectivity index (χ1v) is 9.53. The molecule has 2 aliphatic rings. The van der Waals surface area contributed by atoms with Crippen molar-refractivity contribution in [1.82, 2.24) is 9.97 Å². The maximum Gasteiger partial charge on any atom is 0.223 e. The fraction of sp³-hybridized carbons (Fsp3) is 0.318. The third-order valence-corrected chi connectivity index (χ3v) is 4.77. The van der Waals surface area contributed by atoms with Crippen LogP contribution in [0.3, 0.4) is 0 Å². The zero-order valence-electron chi connectivity index (χ0n) is 15.5. The molecule has 4 rings (SSSR count). The number of nitrogens with one attached hydrogen (secondary N) is 1. The first kappa shape index (κ1) is 18.2. The van der Waals surface area contributed by atoms with Gasteiger partial charge in [0.05, 0.1) is 30.5 Å². The summed E-state index contributed by atoms with van der Waals surface area (Å²) >= 11 is 0. The third kappa shape index (κ3) is 4.38. The van der Waals surface area contributed by atoms with E-state index in [1.165, 1.54) is 0 Å². The van der Waals surface area contributed by atoms with Crippen molar-refractivity contribution in [2.75, 3.05) is 18.5 Å². The van der Waals surface area contributed by atoms with Gasteiger partial charge in [-0.2, -0.15) is 5.26 Å². The van der Waals surface area contributed by atoms with Crippen molar-refractivity contribution >= 4 is 5.95 Å². The van der Waals surface area contributed by atoms with Gasteiger partial charge in [-0.3, -0.25) is 0 Å². The van der Waals surface area contributed by atoms with Crippen LogP contribution in [0.1, 0.15) is 24.8 Å². The molecule has 2 heterocycles. The van der Waals surface area contributed by atoms with E-state index in [0.717, 1.165) is 30.5 Å². The number of nitrogens with zero attached hydrogens (tertiary/aromatic N) is 3. The molecule has 0 atom stereocenters. The highest BCUT2D eigenvalue weighted by molar-refractivity contribution is 5.65. The molecule has 1 aromatic heterocycles. The summed E-state index contributed by atoms with van der Waals surface area (Å²) in [7, 11) is 0. The summed E-state index contributed by atoms with van der Waals surface area (Å²) in [6.45, 7) is 1.40. The van der Waals surface area contributed by atoms with Gasteiger partial charge in [-0.25, -0.2) is 9.97 Å². The van der Waals surface area contributed by atoms with Gasteiger partial charge >= 0.3 is 0 Å². The Balaban J connectivity index is 1.53. The van der Waals surface area contributed by atoms with Crippen molar-refractivity contribution in [1.29, 1.82) is 5.26 Å². The van der Waals surface area contributed by atoms with Crippen LogP contribution in [0.4, 0.5) is 5.95 Å². The van der Waals surface area contributed by atoms with E-state index in [1.54, 1.807) is 6.20 Å². The van der Waals surface area contributed by atoms with Gasteiger partial charge in [0.2, 0.25) is 5.95 Å². The molecule has 1 aromatic carbocycles. The first-order valence-electron chi connectivity index (χ1n) is 9.53. The van der Waals surface area contributed by atoms with Crippen LogP contribution in [0.15, 0.2) is 54.8 Å². The minimum Gasteiger partial charge on any atom is -0.489 e. The van der Waals surface area contributed by atoms with E-state index in [-0.39, 0.29) is 12.1 Å². The Labute approximate surface area is 164 Å². The molecule has 6 heteroatoms. The van der Waals surface area contributed by atoms with E-state index in [2.05, 4.69) is 45.7 Å². The Morgan fingerprint density at radius 2 is 1.96 bits per heavy atom. The van der Waals surface area contributed by atoms with Crippen molar-refractivity contribution in [3.8, 4) is 23.1 Å². The van der Waals surface area contributed by atoms with E-state index in [4.69, 9.17) is 9.47 Å². The Morgan fingerprint density at radius 3 is 2.75 bits per heavy atom. The van der Waals surface area contributed by atoms with Crippen molar-refractivity contribution in [3.63, 3.8) is 0 Å². The fourth-order valence-corrected chi connectivity index (χ4v) is 3.28. The van der Waals surface area contributed by atoms with E-state index in [0.29, 0.717) is 30.5 Å². The molecule has 2 aromatic rings. The van der Waals surface area contributed by atoms with Crippen LogP contribution in [0, 0.1) is 11.3 Å². The molecule has 0 unspecified atom stereocenters. The number of anilines is 1. The average Bonchev–Trinajstić information content (AvgIpc) is 2.76. The number of hydrogen-bond donors (Lipinski definition) is 1. The SMILES string of the molecule is N#Cc1cc(-c2ccnc(NC3C=CCC=C3)n2)ccc1OC1CCOCC1. The molecule has 1 aliphatic heterocycles. The summed E-state index contributed by atoms with van der Waals surface area (Å²) in [5.41, 5.74) is 2.13. The predicted molar refractivity (Wildman–Crippen MR) is 107 cm³/mol. The molecule has 1 aliphatic carbocycles. The molecule has 6 nitrogen and oxygen atoms in total. The zero-order chi connectivity index (χ0) is 19.2. The second-order valence-corrected chi connectivity index (χ2v) is 6.78. The summed E-state index contributed by atoms with van der Waals surface area (Å²) in [6.07, 6.45) is 12.9. The molecule has 1 N–H and O–H groups in total. The van der Waals surface area contributed by atoms with Crippen molar-refractivity contribution in [2.45, 2.75) is 31.4 Å². The first-order chi connectivity index (χ1) is 13.8. The van der Waals surface area contributed by atoms with E-state index >= 15 is 0 Å². The second-order valence-electron chi connectivity index (χ2n) is 6.78. The molecule has 0 bridgehead atoms. The third-order valence-electron chi connectivity index (χ3n) is 4.77. The highest BCUT2D eigenvalue weighted by atomic mass is 16.5. The molecule has 0 spiro atoms. The molecular formula is C22H22N4O2. The summed E-state index contributed by atoms with van der Waals surface area (Å²) in [5.74, 6) is 1.17. The standard InChI is InChI=1S/C22H22N4O2/c23-15-17-14-16(6-7-21(17)28-19-9-12-27-13-10-19)20-8-11-24-22(26-20)25-18-4-2-1-3-5-18/h2-8,11,14,18-19H,1,9-10,12-13H2,(H,24,25,26). The maximum absolute atomic E-state index is 9.58. The maximum atomic E-state index is 9.58. The van der Waals surface area contributed by atoms with Gasteiger partial charge in [0.25, 0.3) is 0 Å². The van der Waals surface area contributed by atoms with E-state index < -0.39 is 0 Å². The van der Waals surface area contributed by atoms with Gasteiger partial charge in [-0.15, -0.1) is 0 Å². The number of allylic oxidation sites excluding steroid dienone is 2. The second kappa shape index (κ2) is 8.68. The largest absolute Gasteiger partial charge is 0.489 e. The minimum absolute atomic E-state index is 0.0916. The molecule has 0 saturated carbocycles. The monoisotopic (exact) mass is 374 g/mol. The van der Waals surface area contributed by atoms with Gasteiger partial charge in [-0.05, 0) is 30.7 Å². The van der Waals surface area contributed by atoms with Crippen LogP contribution < -0.4 is 10.1 Å². The molecule has 142 valence electrons. The predicted octanol–water partition coefficient (Wildman–Crippen LogP) is 3.87. The van der Waals surface area contributed by atoms with E-state index in [1.807, 2.05) is 24.3 Å². The summed E-state index contributed by atoms with van der Waals surface area (Å²) in [6, 6.07) is 9.78. The number of nitriles is 1. The van der Waals surface area contributed by atoms with Crippen LogP contribution in [-0.2, 0) is 4.74 Å². The highest BCUT2D eigenvalue weighted by Gasteiger charge is 2.17. The quantitative estimate of drug-likeness (QED) is 0.800. The number of ether oxygens (including phenoxy) is 2. The average molecular weight is 374 g/mol. The van der Waals surface area contributed by atoms with Crippen molar-refractivity contribution in [2.24, 2.45) is 0 Å². The Bertz CT molecular complexity index is 914. The van der Waals surface area contributed by atoms with Crippen LogP contribution >= 0.6 is 0 Å². The van der Waals surface area contributed by atoms with Crippen molar-refractivity contribution < 1.29 is 9.47 Å². The lowest BCUT2D eigenvalue weighted by molar-refractivity contribution is 0.0254. The number of rotatable bonds is 5. The summed E-state index contributed by atoms with van der Waals surface area (Å²) in [4.78, 5) is 8.91. The van der Waals surface area contributed by atoms with Gasteiger partial charge in [-0.1, -0.05) is 24.3 Å². The smallest absolute Gasteiger partial charge is 0.223 e. The molecular weight excluding hydrogens is 352 g/mol. The van der Waals surface area contributed by atoms with E-state index in [9.17, 15) is 5.26 Å². The zero-order valence-corrected chi connectivity index (χ0v) is 15.5. The Hall–Kier alpha value is -3.17. The van der Waals surface area contributed by atoms with Crippen LogP contribution in [0.5, 0.6) is 5.75 Å². The van der Waals surface area contributed by atoms with Gasteiger partial charge < -0.3 is 14.8 Å². The van der Waals surface area contributed by atoms with Crippen LogP contribution in [0.2, 0.25) is 0 Å². The lowest BCUT2D eigenvalue weighted by atomic mass is 10.1.